The van der Waals surface area contributed by atoms with Gasteiger partial charge in [-0.05, 0) is 36.8 Å². The number of pyridine rings is 1. The largest absolute Gasteiger partial charge is 0.483 e. The predicted octanol–water partition coefficient (Wildman–Crippen LogP) is 4.22. The van der Waals surface area contributed by atoms with Gasteiger partial charge in [-0.25, -0.2) is 0 Å². The summed E-state index contributed by atoms with van der Waals surface area (Å²) in [6, 6.07) is 7.81. The van der Waals surface area contributed by atoms with E-state index in [2.05, 4.69) is 9.72 Å². The number of likely N-dealkylation sites (tertiary alicyclic amines) is 1. The number of piperidine rings is 1. The molecule has 2 aromatic rings. The van der Waals surface area contributed by atoms with Crippen LogP contribution in [0.2, 0.25) is 0 Å². The first-order valence-corrected chi connectivity index (χ1v) is 9.73. The fraction of sp³-hybridized carbons (Fsp3) is 0.429. The summed E-state index contributed by atoms with van der Waals surface area (Å²) < 4.78 is 87.2. The number of hydrogen-bond acceptors (Lipinski definition) is 4. The van der Waals surface area contributed by atoms with E-state index in [1.807, 2.05) is 12.1 Å². The summed E-state index contributed by atoms with van der Waals surface area (Å²) in [5, 5.41) is 0. The lowest BCUT2D eigenvalue weighted by molar-refractivity contribution is -0.169. The summed E-state index contributed by atoms with van der Waals surface area (Å²) in [5.74, 6) is -1.65. The summed E-state index contributed by atoms with van der Waals surface area (Å²) in [6.45, 7) is -0.976. The maximum absolute atomic E-state index is 13.4. The summed E-state index contributed by atoms with van der Waals surface area (Å²) in [7, 11) is 0. The lowest BCUT2D eigenvalue weighted by Gasteiger charge is -2.54. The van der Waals surface area contributed by atoms with Gasteiger partial charge >= 0.3 is 12.4 Å². The molecule has 0 bridgehead atoms. The van der Waals surface area contributed by atoms with Crippen LogP contribution in [0.5, 0.6) is 5.75 Å². The van der Waals surface area contributed by atoms with Crippen LogP contribution < -0.4 is 4.74 Å². The molecule has 4 rings (SSSR count). The van der Waals surface area contributed by atoms with Crippen molar-refractivity contribution in [2.24, 2.45) is 0 Å². The first-order chi connectivity index (χ1) is 15.0. The van der Waals surface area contributed by atoms with Crippen molar-refractivity contribution in [3.8, 4) is 5.75 Å². The van der Waals surface area contributed by atoms with Gasteiger partial charge in [0.1, 0.15) is 5.75 Å². The monoisotopic (exact) mass is 460 g/mol. The molecular formula is C21H18F6N2O3. The normalized spacial score (nSPS) is 23.3. The van der Waals surface area contributed by atoms with E-state index in [9.17, 15) is 31.1 Å². The van der Waals surface area contributed by atoms with Crippen molar-refractivity contribution in [1.29, 1.82) is 0 Å². The molecule has 11 heteroatoms. The molecule has 0 N–H and O–H groups in total. The molecule has 0 saturated carbocycles. The smallest absolute Gasteiger partial charge is 0.422 e. The number of ether oxygens (including phenoxy) is 2. The van der Waals surface area contributed by atoms with E-state index in [4.69, 9.17) is 4.74 Å². The Morgan fingerprint density at radius 3 is 2.53 bits per heavy atom. The summed E-state index contributed by atoms with van der Waals surface area (Å²) in [5.41, 5.74) is -1.23. The number of amides is 1. The van der Waals surface area contributed by atoms with Gasteiger partial charge in [0.25, 0.3) is 5.91 Å². The molecule has 2 aliphatic rings. The lowest BCUT2D eigenvalue weighted by Crippen LogP contribution is -2.65. The maximum Gasteiger partial charge on any atom is 0.422 e. The molecule has 0 radical (unpaired) electrons. The van der Waals surface area contributed by atoms with Crippen LogP contribution in [0.3, 0.4) is 0 Å². The topological polar surface area (TPSA) is 51.7 Å². The Morgan fingerprint density at radius 2 is 1.97 bits per heavy atom. The fourth-order valence-corrected chi connectivity index (χ4v) is 4.05. The van der Waals surface area contributed by atoms with Crippen LogP contribution >= 0.6 is 0 Å². The van der Waals surface area contributed by atoms with Crippen molar-refractivity contribution in [2.75, 3.05) is 26.3 Å². The number of aromatic nitrogens is 1. The first kappa shape index (κ1) is 22.4. The molecule has 2 saturated heterocycles. The number of alkyl halides is 6. The number of nitrogens with zero attached hydrogens (tertiary/aromatic N) is 2. The Balaban J connectivity index is 1.53. The zero-order valence-corrected chi connectivity index (χ0v) is 16.5. The minimum absolute atomic E-state index is 0.170. The van der Waals surface area contributed by atoms with Gasteiger partial charge in [0.15, 0.2) is 6.61 Å². The minimum Gasteiger partial charge on any atom is -0.483 e. The van der Waals surface area contributed by atoms with Gasteiger partial charge < -0.3 is 14.4 Å². The van der Waals surface area contributed by atoms with E-state index in [1.165, 1.54) is 4.90 Å². The van der Waals surface area contributed by atoms with E-state index in [0.29, 0.717) is 19.1 Å². The Hall–Kier alpha value is -2.82. The van der Waals surface area contributed by atoms with Crippen molar-refractivity contribution in [3.63, 3.8) is 0 Å². The van der Waals surface area contributed by atoms with Crippen molar-refractivity contribution < 1.29 is 40.6 Å². The molecule has 1 aromatic carbocycles. The van der Waals surface area contributed by atoms with Gasteiger partial charge in [0.05, 0.1) is 29.4 Å². The number of rotatable bonds is 4. The van der Waals surface area contributed by atoms with Crippen molar-refractivity contribution in [1.82, 2.24) is 9.88 Å². The van der Waals surface area contributed by atoms with Gasteiger partial charge in [0, 0.05) is 24.8 Å². The quantitative estimate of drug-likeness (QED) is 0.642. The molecule has 3 heterocycles. The second-order valence-corrected chi connectivity index (χ2v) is 7.78. The van der Waals surface area contributed by atoms with Crippen molar-refractivity contribution >= 4 is 5.91 Å². The molecule has 0 spiro atoms. The van der Waals surface area contributed by atoms with Crippen LogP contribution in [-0.2, 0) is 16.3 Å². The minimum atomic E-state index is -5.00. The Morgan fingerprint density at radius 1 is 1.19 bits per heavy atom. The molecule has 172 valence electrons. The Bertz CT molecular complexity index is 995. The average molecular weight is 460 g/mol. The van der Waals surface area contributed by atoms with Crippen molar-refractivity contribution in [2.45, 2.75) is 30.3 Å². The van der Waals surface area contributed by atoms with Crippen LogP contribution in [-0.4, -0.2) is 54.4 Å². The van der Waals surface area contributed by atoms with Crippen molar-refractivity contribution in [3.05, 3.63) is 59.4 Å². The number of carbonyl (C=O) groups excluding carboxylic acids is 1. The Kier molecular flexibility index (Phi) is 5.56. The second-order valence-electron chi connectivity index (χ2n) is 7.78. The van der Waals surface area contributed by atoms with E-state index in [1.54, 1.807) is 12.3 Å². The number of carbonyl (C=O) groups is 1. The van der Waals surface area contributed by atoms with Crippen LogP contribution in [0.25, 0.3) is 0 Å². The first-order valence-electron chi connectivity index (χ1n) is 9.73. The maximum atomic E-state index is 13.4. The highest BCUT2D eigenvalue weighted by atomic mass is 19.4. The highest BCUT2D eigenvalue weighted by Crippen LogP contribution is 2.44. The zero-order valence-electron chi connectivity index (χ0n) is 16.5. The molecule has 2 atom stereocenters. The van der Waals surface area contributed by atoms with Gasteiger partial charge in [-0.2, -0.15) is 26.3 Å². The van der Waals surface area contributed by atoms with E-state index >= 15 is 0 Å². The van der Waals surface area contributed by atoms with Crippen LogP contribution in [0, 0.1) is 0 Å². The molecule has 0 aliphatic carbocycles. The second kappa shape index (κ2) is 7.95. The number of halogens is 6. The SMILES string of the molecule is O=C(c1ccc(OCC(F)(F)F)c(C(F)(F)F)c1)N1CC[C@@]2(c3ccccn3)COC2C1. The van der Waals surface area contributed by atoms with E-state index in [0.717, 1.165) is 17.8 Å². The molecular weight excluding hydrogens is 442 g/mol. The Labute approximate surface area is 178 Å². The molecule has 2 aliphatic heterocycles. The van der Waals surface area contributed by atoms with Crippen LogP contribution in [0.4, 0.5) is 26.3 Å². The predicted molar refractivity (Wildman–Crippen MR) is 99.2 cm³/mol. The number of benzene rings is 1. The molecule has 1 unspecified atom stereocenters. The van der Waals surface area contributed by atoms with Gasteiger partial charge in [-0.15, -0.1) is 0 Å². The van der Waals surface area contributed by atoms with E-state index in [-0.39, 0.29) is 30.2 Å². The third kappa shape index (κ3) is 4.25. The molecule has 2 fully saturated rings. The summed E-state index contributed by atoms with van der Waals surface area (Å²) >= 11 is 0. The van der Waals surface area contributed by atoms with Crippen LogP contribution in [0.1, 0.15) is 28.0 Å². The molecule has 5 nitrogen and oxygen atoms in total. The lowest BCUT2D eigenvalue weighted by atomic mass is 9.70. The third-order valence-corrected chi connectivity index (χ3v) is 5.76. The highest BCUT2D eigenvalue weighted by molar-refractivity contribution is 5.94. The summed E-state index contributed by atoms with van der Waals surface area (Å²) in [4.78, 5) is 18.7. The zero-order chi connectivity index (χ0) is 23.1. The summed E-state index contributed by atoms with van der Waals surface area (Å²) in [6.07, 6.45) is -7.94. The van der Waals surface area contributed by atoms with Gasteiger partial charge in [0.2, 0.25) is 0 Å². The highest BCUT2D eigenvalue weighted by Gasteiger charge is 2.54. The fourth-order valence-electron chi connectivity index (χ4n) is 4.05. The van der Waals surface area contributed by atoms with Gasteiger partial charge in [-0.1, -0.05) is 6.07 Å². The third-order valence-electron chi connectivity index (χ3n) is 5.76. The molecule has 32 heavy (non-hydrogen) atoms. The average Bonchev–Trinajstić information content (AvgIpc) is 2.72. The standard InChI is InChI=1S/C21H18F6N2O3/c22-20(23,24)12-31-15-5-4-13(9-14(15)21(25,26)27)18(30)29-8-6-19(11-32-17(19)10-29)16-3-1-2-7-28-16/h1-5,7,9,17H,6,8,10-12H2/t17?,19-/m0/s1. The molecule has 1 aromatic heterocycles. The van der Waals surface area contributed by atoms with Crippen LogP contribution in [0.15, 0.2) is 42.6 Å². The molecule has 1 amide bonds. The van der Waals surface area contributed by atoms with Gasteiger partial charge in [-0.3, -0.25) is 9.78 Å². The van der Waals surface area contributed by atoms with E-state index < -0.39 is 36.2 Å². The number of fused-ring (bicyclic) bond motifs is 1. The number of hydrogen-bond donors (Lipinski definition) is 0.